The molecule has 0 aliphatic heterocycles. The van der Waals surface area contributed by atoms with Gasteiger partial charge in [0.05, 0.1) is 18.2 Å². The van der Waals surface area contributed by atoms with Crippen molar-refractivity contribution in [3.8, 4) is 0 Å². The molecule has 0 saturated heterocycles. The number of carbonyl (C=O) groups is 2. The SMILES string of the molecule is CCOC(=O)c1c(NC(=O)[C@@H](C)N(C)C)sc2c1CC[C@H](C)C2. The van der Waals surface area contributed by atoms with Crippen molar-refractivity contribution in [1.29, 1.82) is 0 Å². The van der Waals surface area contributed by atoms with Gasteiger partial charge in [0, 0.05) is 4.88 Å². The van der Waals surface area contributed by atoms with Gasteiger partial charge in [0.15, 0.2) is 0 Å². The fraction of sp³-hybridized carbons (Fsp3) is 0.647. The topological polar surface area (TPSA) is 58.6 Å². The van der Waals surface area contributed by atoms with E-state index in [1.165, 1.54) is 16.2 Å². The Hall–Kier alpha value is -1.40. The number of thiophene rings is 1. The third kappa shape index (κ3) is 3.93. The summed E-state index contributed by atoms with van der Waals surface area (Å²) in [7, 11) is 3.72. The molecule has 2 rings (SSSR count). The van der Waals surface area contributed by atoms with Gasteiger partial charge < -0.3 is 10.1 Å². The number of nitrogens with one attached hydrogen (secondary N) is 1. The Balaban J connectivity index is 2.34. The largest absolute Gasteiger partial charge is 0.462 e. The molecule has 1 aromatic rings. The smallest absolute Gasteiger partial charge is 0.341 e. The first-order valence-electron chi connectivity index (χ1n) is 8.14. The minimum absolute atomic E-state index is 0.104. The minimum Gasteiger partial charge on any atom is -0.462 e. The standard InChI is InChI=1S/C17H26N2O3S/c1-6-22-17(21)14-12-8-7-10(2)9-13(12)23-16(14)18-15(20)11(3)19(4)5/h10-11H,6-9H2,1-5H3,(H,18,20)/t10-,11+/m0/s1. The van der Waals surface area contributed by atoms with Gasteiger partial charge in [-0.05, 0) is 58.7 Å². The third-order valence-electron chi connectivity index (χ3n) is 4.38. The van der Waals surface area contributed by atoms with Crippen molar-refractivity contribution >= 4 is 28.2 Å². The Labute approximate surface area is 142 Å². The van der Waals surface area contributed by atoms with Crippen LogP contribution in [0.25, 0.3) is 0 Å². The number of hydrogen-bond donors (Lipinski definition) is 1. The van der Waals surface area contributed by atoms with Gasteiger partial charge in [-0.15, -0.1) is 11.3 Å². The Bertz CT molecular complexity index is 595. The van der Waals surface area contributed by atoms with Gasteiger partial charge >= 0.3 is 5.97 Å². The van der Waals surface area contributed by atoms with Gasteiger partial charge in [0.1, 0.15) is 5.00 Å². The number of fused-ring (bicyclic) bond motifs is 1. The van der Waals surface area contributed by atoms with Gasteiger partial charge in [-0.1, -0.05) is 6.92 Å². The lowest BCUT2D eigenvalue weighted by molar-refractivity contribution is -0.119. The number of nitrogens with zero attached hydrogens (tertiary/aromatic N) is 1. The molecule has 6 heteroatoms. The molecule has 5 nitrogen and oxygen atoms in total. The van der Waals surface area contributed by atoms with Crippen LogP contribution >= 0.6 is 11.3 Å². The molecular formula is C17H26N2O3S. The van der Waals surface area contributed by atoms with E-state index in [9.17, 15) is 9.59 Å². The molecule has 0 radical (unpaired) electrons. The summed E-state index contributed by atoms with van der Waals surface area (Å²) in [5.41, 5.74) is 1.64. The highest BCUT2D eigenvalue weighted by atomic mass is 32.1. The van der Waals surface area contributed by atoms with Crippen molar-refractivity contribution in [3.63, 3.8) is 0 Å². The summed E-state index contributed by atoms with van der Waals surface area (Å²) < 4.78 is 5.22. The second-order valence-electron chi connectivity index (χ2n) is 6.41. The quantitative estimate of drug-likeness (QED) is 0.839. The first-order valence-corrected chi connectivity index (χ1v) is 8.95. The molecule has 0 fully saturated rings. The number of anilines is 1. The van der Waals surface area contributed by atoms with E-state index in [0.717, 1.165) is 24.8 Å². The van der Waals surface area contributed by atoms with E-state index in [-0.39, 0.29) is 17.9 Å². The first-order chi connectivity index (χ1) is 10.8. The van der Waals surface area contributed by atoms with Crippen LogP contribution in [-0.4, -0.2) is 43.5 Å². The van der Waals surface area contributed by atoms with Crippen LogP contribution in [0.2, 0.25) is 0 Å². The van der Waals surface area contributed by atoms with Crippen LogP contribution in [-0.2, 0) is 22.4 Å². The monoisotopic (exact) mass is 338 g/mol. The predicted molar refractivity (Wildman–Crippen MR) is 93.2 cm³/mol. The van der Waals surface area contributed by atoms with Crippen LogP contribution in [0.1, 0.15) is 48.0 Å². The average Bonchev–Trinajstić information content (AvgIpc) is 2.83. The molecule has 1 aromatic heterocycles. The highest BCUT2D eigenvalue weighted by Crippen LogP contribution is 2.40. The number of hydrogen-bond acceptors (Lipinski definition) is 5. The summed E-state index contributed by atoms with van der Waals surface area (Å²) in [5, 5.41) is 3.58. The van der Waals surface area contributed by atoms with E-state index in [2.05, 4.69) is 12.2 Å². The van der Waals surface area contributed by atoms with E-state index in [0.29, 0.717) is 23.1 Å². The first kappa shape index (κ1) is 17.9. The number of esters is 1. The molecule has 0 aromatic carbocycles. The van der Waals surface area contributed by atoms with Crippen LogP contribution in [0.3, 0.4) is 0 Å². The lowest BCUT2D eigenvalue weighted by atomic mass is 9.88. The molecule has 1 amide bonds. The van der Waals surface area contributed by atoms with Crippen molar-refractivity contribution in [1.82, 2.24) is 4.90 Å². The third-order valence-corrected chi connectivity index (χ3v) is 5.55. The zero-order chi connectivity index (χ0) is 17.1. The maximum Gasteiger partial charge on any atom is 0.341 e. The molecule has 0 saturated carbocycles. The molecule has 0 unspecified atom stereocenters. The number of amides is 1. The normalized spacial score (nSPS) is 18.4. The second-order valence-corrected chi connectivity index (χ2v) is 7.51. The Morgan fingerprint density at radius 3 is 2.74 bits per heavy atom. The van der Waals surface area contributed by atoms with Crippen molar-refractivity contribution < 1.29 is 14.3 Å². The maximum absolute atomic E-state index is 12.4. The van der Waals surface area contributed by atoms with Gasteiger partial charge in [0.2, 0.25) is 5.91 Å². The maximum atomic E-state index is 12.4. The zero-order valence-corrected chi connectivity index (χ0v) is 15.4. The fourth-order valence-corrected chi connectivity index (χ4v) is 4.11. The lowest BCUT2D eigenvalue weighted by Crippen LogP contribution is -2.37. The number of rotatable bonds is 5. The second kappa shape index (κ2) is 7.45. The summed E-state index contributed by atoms with van der Waals surface area (Å²) in [6.07, 6.45) is 2.91. The van der Waals surface area contributed by atoms with Crippen LogP contribution in [0.15, 0.2) is 0 Å². The zero-order valence-electron chi connectivity index (χ0n) is 14.6. The lowest BCUT2D eigenvalue weighted by Gasteiger charge is -2.19. The van der Waals surface area contributed by atoms with E-state index >= 15 is 0 Å². The Morgan fingerprint density at radius 1 is 1.43 bits per heavy atom. The summed E-state index contributed by atoms with van der Waals surface area (Å²) in [5.74, 6) is 0.181. The van der Waals surface area contributed by atoms with E-state index in [4.69, 9.17) is 4.74 Å². The molecule has 1 heterocycles. The molecule has 128 valence electrons. The molecule has 0 bridgehead atoms. The molecule has 1 aliphatic carbocycles. The fourth-order valence-electron chi connectivity index (χ4n) is 2.71. The molecule has 23 heavy (non-hydrogen) atoms. The Morgan fingerprint density at radius 2 is 2.13 bits per heavy atom. The molecular weight excluding hydrogens is 312 g/mol. The van der Waals surface area contributed by atoms with E-state index in [1.807, 2.05) is 25.9 Å². The van der Waals surface area contributed by atoms with E-state index < -0.39 is 0 Å². The number of ether oxygens (including phenoxy) is 1. The molecule has 0 spiro atoms. The summed E-state index contributed by atoms with van der Waals surface area (Å²) in [6.45, 7) is 6.19. The van der Waals surface area contributed by atoms with Gasteiger partial charge in [-0.2, -0.15) is 0 Å². The summed E-state index contributed by atoms with van der Waals surface area (Å²) in [4.78, 5) is 27.8. The highest BCUT2D eigenvalue weighted by molar-refractivity contribution is 7.17. The number of likely N-dealkylation sites (N-methyl/N-ethyl adjacent to an activating group) is 1. The number of carbonyl (C=O) groups excluding carboxylic acids is 2. The molecule has 1 N–H and O–H groups in total. The minimum atomic E-state index is -0.327. The van der Waals surface area contributed by atoms with Gasteiger partial charge in [0.25, 0.3) is 0 Å². The van der Waals surface area contributed by atoms with E-state index in [1.54, 1.807) is 6.92 Å². The van der Waals surface area contributed by atoms with Crippen molar-refractivity contribution in [2.24, 2.45) is 5.92 Å². The van der Waals surface area contributed by atoms with Crippen molar-refractivity contribution in [2.75, 3.05) is 26.0 Å². The Kier molecular flexibility index (Phi) is 5.81. The molecule has 2 atom stereocenters. The van der Waals surface area contributed by atoms with Crippen LogP contribution in [0.5, 0.6) is 0 Å². The van der Waals surface area contributed by atoms with Crippen molar-refractivity contribution in [2.45, 2.75) is 46.1 Å². The van der Waals surface area contributed by atoms with Crippen molar-refractivity contribution in [3.05, 3.63) is 16.0 Å². The van der Waals surface area contributed by atoms with Crippen LogP contribution in [0.4, 0.5) is 5.00 Å². The summed E-state index contributed by atoms with van der Waals surface area (Å²) in [6, 6.07) is -0.261. The molecule has 1 aliphatic rings. The van der Waals surface area contributed by atoms with Crippen LogP contribution in [0, 0.1) is 5.92 Å². The summed E-state index contributed by atoms with van der Waals surface area (Å²) >= 11 is 1.53. The van der Waals surface area contributed by atoms with Gasteiger partial charge in [-0.25, -0.2) is 4.79 Å². The average molecular weight is 338 g/mol. The predicted octanol–water partition coefficient (Wildman–Crippen LogP) is 2.94. The highest BCUT2D eigenvalue weighted by Gasteiger charge is 2.29. The van der Waals surface area contributed by atoms with Gasteiger partial charge in [-0.3, -0.25) is 9.69 Å². The van der Waals surface area contributed by atoms with Crippen LogP contribution < -0.4 is 5.32 Å².